The molecule has 0 spiro atoms. The molecule has 1 fully saturated rings. The van der Waals surface area contributed by atoms with Gasteiger partial charge in [-0.2, -0.15) is 13.6 Å². The van der Waals surface area contributed by atoms with Crippen LogP contribution in [0.2, 0.25) is 5.15 Å². The molecule has 0 amide bonds. The highest BCUT2D eigenvalue weighted by Crippen LogP contribution is 2.66. The second kappa shape index (κ2) is 13.5. The Morgan fingerprint density at radius 2 is 1.85 bits per heavy atom. The fourth-order valence-corrected chi connectivity index (χ4v) is 5.63. The zero-order valence-corrected chi connectivity index (χ0v) is 21.7. The van der Waals surface area contributed by atoms with Crippen molar-refractivity contribution in [3.63, 3.8) is 0 Å². The Morgan fingerprint density at radius 1 is 1.21 bits per heavy atom. The number of ether oxygens (including phenoxy) is 2. The standard InChI is InChI=1S/C7H9ClN4.C7H17O12P3/c1-3-10-5-4(2)11-7(9)12-6(5)8;1-2-3-6-4-15-7(17-6)5-16-21(11,12)19-22(13,14)18-20(8,9)10/h3H,1-2H3,(H2,9,11,12);6-7H,2-5H2,1H3,(H,11,12)(H,13,14)(H2,8,9,10)/t;6-,7?/m.0/s1. The van der Waals surface area contributed by atoms with E-state index in [9.17, 15) is 18.6 Å². The number of phosphoric acid groups is 3. The minimum atomic E-state index is -5.50. The summed E-state index contributed by atoms with van der Waals surface area (Å²) in [6.07, 6.45) is 2.02. The molecule has 16 nitrogen and oxygen atoms in total. The van der Waals surface area contributed by atoms with E-state index in [0.717, 1.165) is 6.42 Å². The molecule has 1 aliphatic heterocycles. The third kappa shape index (κ3) is 12.2. The average Bonchev–Trinajstić information content (AvgIpc) is 3.09. The SMILES string of the molecule is CC=Nc1c(C)nc(N)nc1Cl.CCC[C@H]1COC(COP(=O)(O)OP(=O)(O)OP(=O)(O)O)O1. The van der Waals surface area contributed by atoms with Gasteiger partial charge in [0.25, 0.3) is 0 Å². The first-order chi connectivity index (χ1) is 15.6. The number of phosphoric ester groups is 1. The summed E-state index contributed by atoms with van der Waals surface area (Å²) in [6.45, 7) is 5.18. The molecule has 3 unspecified atom stereocenters. The van der Waals surface area contributed by atoms with Crippen molar-refractivity contribution in [3.8, 4) is 0 Å². The maximum absolute atomic E-state index is 11.4. The van der Waals surface area contributed by atoms with Gasteiger partial charge in [-0.1, -0.05) is 24.9 Å². The van der Waals surface area contributed by atoms with Crippen molar-refractivity contribution in [2.75, 3.05) is 18.9 Å². The zero-order valence-electron chi connectivity index (χ0n) is 18.3. The zero-order chi connectivity index (χ0) is 26.2. The molecule has 1 aromatic heterocycles. The third-order valence-corrected chi connectivity index (χ3v) is 7.57. The number of aromatic nitrogens is 2. The predicted molar refractivity (Wildman–Crippen MR) is 119 cm³/mol. The first-order valence-corrected chi connectivity index (χ1v) is 14.3. The van der Waals surface area contributed by atoms with Gasteiger partial charge in [-0.15, -0.1) is 0 Å². The molecular weight excluding hydrogens is 545 g/mol. The first-order valence-electron chi connectivity index (χ1n) is 9.41. The lowest BCUT2D eigenvalue weighted by Gasteiger charge is -2.17. The minimum absolute atomic E-state index is 0.174. The molecule has 2 rings (SSSR count). The lowest BCUT2D eigenvalue weighted by Crippen LogP contribution is -2.17. The van der Waals surface area contributed by atoms with Crippen LogP contribution in [0.25, 0.3) is 0 Å². The summed E-state index contributed by atoms with van der Waals surface area (Å²) in [4.78, 5) is 46.6. The van der Waals surface area contributed by atoms with E-state index >= 15 is 0 Å². The van der Waals surface area contributed by atoms with E-state index in [4.69, 9.17) is 41.5 Å². The summed E-state index contributed by atoms with van der Waals surface area (Å²) in [7, 11) is -16.0. The molecule has 1 saturated heterocycles. The van der Waals surface area contributed by atoms with Crippen molar-refractivity contribution in [1.82, 2.24) is 9.97 Å². The van der Waals surface area contributed by atoms with Crippen molar-refractivity contribution in [3.05, 3.63) is 10.8 Å². The lowest BCUT2D eigenvalue weighted by molar-refractivity contribution is -0.0865. The number of nitrogen functional groups attached to an aromatic ring is 1. The van der Waals surface area contributed by atoms with Gasteiger partial charge in [-0.25, -0.2) is 18.7 Å². The molecular formula is C14H26ClN4O12P3. The number of rotatable bonds is 10. The summed E-state index contributed by atoms with van der Waals surface area (Å²) in [5.74, 6) is 0.174. The molecule has 34 heavy (non-hydrogen) atoms. The lowest BCUT2D eigenvalue weighted by atomic mass is 10.2. The van der Waals surface area contributed by atoms with Crippen molar-refractivity contribution in [2.45, 2.75) is 46.0 Å². The van der Waals surface area contributed by atoms with Crippen molar-refractivity contribution in [1.29, 1.82) is 0 Å². The molecule has 0 aliphatic carbocycles. The molecule has 4 atom stereocenters. The highest BCUT2D eigenvalue weighted by molar-refractivity contribution is 7.66. The second-order valence-corrected chi connectivity index (χ2v) is 11.2. The fraction of sp³-hybridized carbons (Fsp3) is 0.643. The average molecular weight is 571 g/mol. The summed E-state index contributed by atoms with van der Waals surface area (Å²) in [6, 6.07) is 0. The molecule has 1 aromatic rings. The van der Waals surface area contributed by atoms with E-state index in [0.29, 0.717) is 17.8 Å². The molecule has 2 heterocycles. The molecule has 0 aromatic carbocycles. The van der Waals surface area contributed by atoms with E-state index in [-0.39, 0.29) is 23.8 Å². The van der Waals surface area contributed by atoms with Gasteiger partial charge in [0.15, 0.2) is 11.4 Å². The van der Waals surface area contributed by atoms with Crippen LogP contribution in [0.4, 0.5) is 11.6 Å². The number of hydrogen-bond acceptors (Lipinski definition) is 12. The number of aliphatic imine (C=N–C) groups is 1. The number of anilines is 1. The summed E-state index contributed by atoms with van der Waals surface area (Å²) >= 11 is 5.77. The quantitative estimate of drug-likeness (QED) is 0.154. The van der Waals surface area contributed by atoms with E-state index in [1.807, 2.05) is 6.92 Å². The summed E-state index contributed by atoms with van der Waals surface area (Å²) < 4.78 is 54.8. The van der Waals surface area contributed by atoms with Gasteiger partial charge < -0.3 is 34.8 Å². The molecule has 0 saturated carbocycles. The van der Waals surface area contributed by atoms with Gasteiger partial charge in [0.1, 0.15) is 12.3 Å². The van der Waals surface area contributed by atoms with Gasteiger partial charge in [0.05, 0.1) is 18.4 Å². The van der Waals surface area contributed by atoms with Gasteiger partial charge in [-0.05, 0) is 20.3 Å². The van der Waals surface area contributed by atoms with Gasteiger partial charge >= 0.3 is 23.5 Å². The Kier molecular flexibility index (Phi) is 12.4. The van der Waals surface area contributed by atoms with Crippen molar-refractivity contribution < 1.29 is 55.9 Å². The molecule has 20 heteroatoms. The van der Waals surface area contributed by atoms with Crippen LogP contribution < -0.4 is 5.73 Å². The van der Waals surface area contributed by atoms with E-state index < -0.39 is 36.4 Å². The molecule has 0 radical (unpaired) electrons. The molecule has 1 aliphatic rings. The Balaban J connectivity index is 0.000000404. The molecule has 6 N–H and O–H groups in total. The van der Waals surface area contributed by atoms with E-state index in [2.05, 4.69) is 28.1 Å². The second-order valence-electron chi connectivity index (χ2n) is 6.39. The van der Waals surface area contributed by atoms with Crippen LogP contribution in [0, 0.1) is 6.92 Å². The predicted octanol–water partition coefficient (Wildman–Crippen LogP) is 2.61. The first kappa shape index (κ1) is 31.2. The minimum Gasteiger partial charge on any atom is -0.368 e. The van der Waals surface area contributed by atoms with Crippen LogP contribution in [-0.4, -0.2) is 61.4 Å². The Morgan fingerprint density at radius 3 is 2.38 bits per heavy atom. The Hall–Kier alpha value is -0.830. The Labute approximate surface area is 199 Å². The van der Waals surface area contributed by atoms with Crippen LogP contribution in [0.5, 0.6) is 0 Å². The van der Waals surface area contributed by atoms with Crippen LogP contribution in [-0.2, 0) is 36.3 Å². The number of aryl methyl sites for hydroxylation is 1. The fourth-order valence-electron chi connectivity index (χ4n) is 2.36. The number of nitrogens with zero attached hydrogens (tertiary/aromatic N) is 3. The van der Waals surface area contributed by atoms with Gasteiger partial charge in [0, 0.05) is 6.21 Å². The molecule has 0 bridgehead atoms. The van der Waals surface area contributed by atoms with Crippen LogP contribution in [0.3, 0.4) is 0 Å². The topological polar surface area (TPSA) is 242 Å². The van der Waals surface area contributed by atoms with Crippen LogP contribution in [0.15, 0.2) is 4.99 Å². The highest BCUT2D eigenvalue weighted by Gasteiger charge is 2.41. The number of halogens is 1. The smallest absolute Gasteiger partial charge is 0.368 e. The van der Waals surface area contributed by atoms with Crippen molar-refractivity contribution >= 4 is 52.9 Å². The maximum Gasteiger partial charge on any atom is 0.490 e. The Bertz CT molecular complexity index is 970. The summed E-state index contributed by atoms with van der Waals surface area (Å²) in [5, 5.41) is 0.290. The number of nitrogens with two attached hydrogens (primary N) is 1. The normalized spacial score (nSPS) is 22.1. The van der Waals surface area contributed by atoms with Crippen LogP contribution >= 0.6 is 35.1 Å². The van der Waals surface area contributed by atoms with E-state index in [1.54, 1.807) is 20.1 Å². The monoisotopic (exact) mass is 570 g/mol. The van der Waals surface area contributed by atoms with Gasteiger partial charge in [-0.3, -0.25) is 9.52 Å². The van der Waals surface area contributed by atoms with E-state index in [1.165, 1.54) is 0 Å². The largest absolute Gasteiger partial charge is 0.490 e. The van der Waals surface area contributed by atoms with Crippen molar-refractivity contribution in [2.24, 2.45) is 4.99 Å². The van der Waals surface area contributed by atoms with Gasteiger partial charge in [0.2, 0.25) is 5.95 Å². The summed E-state index contributed by atoms with van der Waals surface area (Å²) in [5.41, 5.74) is 6.63. The third-order valence-electron chi connectivity index (χ3n) is 3.50. The highest BCUT2D eigenvalue weighted by atomic mass is 35.5. The van der Waals surface area contributed by atoms with Crippen LogP contribution in [0.1, 0.15) is 32.4 Å². The maximum atomic E-state index is 11.4. The number of hydrogen-bond donors (Lipinski definition) is 5. The molecule has 196 valence electrons.